The molecule has 0 radical (unpaired) electrons. The summed E-state index contributed by atoms with van der Waals surface area (Å²) in [7, 11) is -1.91. The Morgan fingerprint density at radius 1 is 1.31 bits per heavy atom. The zero-order chi connectivity index (χ0) is 12.6. The van der Waals surface area contributed by atoms with Crippen LogP contribution >= 0.6 is 0 Å². The largest absolute Gasteiger partial charge is 0.495 e. The van der Waals surface area contributed by atoms with Gasteiger partial charge in [-0.05, 0) is 31.5 Å². The maximum absolute atomic E-state index is 11.4. The molecule has 0 saturated heterocycles. The van der Waals surface area contributed by atoms with E-state index in [0.29, 0.717) is 5.56 Å². The van der Waals surface area contributed by atoms with Gasteiger partial charge in [-0.25, -0.2) is 8.42 Å². The van der Waals surface area contributed by atoms with E-state index in [0.717, 1.165) is 6.26 Å². The quantitative estimate of drug-likeness (QED) is 0.871. The van der Waals surface area contributed by atoms with Crippen molar-refractivity contribution in [3.63, 3.8) is 0 Å². The first-order valence-corrected chi connectivity index (χ1v) is 6.66. The van der Waals surface area contributed by atoms with Crippen LogP contribution in [0, 0.1) is 0 Å². The molecule has 1 aromatic rings. The van der Waals surface area contributed by atoms with Crippen molar-refractivity contribution < 1.29 is 18.3 Å². The molecule has 0 spiro atoms. The molecule has 1 rings (SSSR count). The van der Waals surface area contributed by atoms with Crippen molar-refractivity contribution in [1.29, 1.82) is 0 Å². The number of ether oxygens (including phenoxy) is 1. The van der Waals surface area contributed by atoms with Crippen LogP contribution < -0.4 is 4.74 Å². The summed E-state index contributed by atoms with van der Waals surface area (Å²) in [5, 5.41) is 9.80. The highest BCUT2D eigenvalue weighted by Crippen LogP contribution is 2.29. The maximum Gasteiger partial charge on any atom is 0.179 e. The van der Waals surface area contributed by atoms with Crippen molar-refractivity contribution in [1.82, 2.24) is 0 Å². The molecule has 0 aromatic heterocycles. The monoisotopic (exact) mass is 244 g/mol. The second kappa shape index (κ2) is 4.07. The molecule has 16 heavy (non-hydrogen) atoms. The predicted octanol–water partition coefficient (Wildman–Crippen LogP) is 1.33. The smallest absolute Gasteiger partial charge is 0.179 e. The minimum Gasteiger partial charge on any atom is -0.495 e. The van der Waals surface area contributed by atoms with Gasteiger partial charge in [-0.2, -0.15) is 0 Å². The van der Waals surface area contributed by atoms with E-state index in [-0.39, 0.29) is 10.6 Å². The summed E-state index contributed by atoms with van der Waals surface area (Å²) in [5.41, 5.74) is -0.416. The molecule has 5 heteroatoms. The second-order valence-corrected chi connectivity index (χ2v) is 6.18. The third-order valence-corrected chi connectivity index (χ3v) is 3.41. The minimum absolute atomic E-state index is 0.128. The highest BCUT2D eigenvalue weighted by Gasteiger charge is 2.20. The second-order valence-electron chi connectivity index (χ2n) is 4.20. The van der Waals surface area contributed by atoms with Crippen LogP contribution in [0.5, 0.6) is 5.75 Å². The third-order valence-electron chi connectivity index (χ3n) is 2.27. The standard InChI is InChI=1S/C11H16O4S/c1-11(2,12)8-5-6-10(16(4,13)14)9(7-8)15-3/h5-7,12H,1-4H3. The zero-order valence-electron chi connectivity index (χ0n) is 9.81. The number of hydrogen-bond donors (Lipinski definition) is 1. The number of sulfone groups is 1. The van der Waals surface area contributed by atoms with Gasteiger partial charge in [0.05, 0.1) is 12.7 Å². The molecule has 0 fully saturated rings. The summed E-state index contributed by atoms with van der Waals surface area (Å²) in [6.07, 6.45) is 1.12. The average molecular weight is 244 g/mol. The molecule has 0 saturated carbocycles. The van der Waals surface area contributed by atoms with Gasteiger partial charge in [0.1, 0.15) is 10.6 Å². The first-order valence-electron chi connectivity index (χ1n) is 4.77. The maximum atomic E-state index is 11.4. The first-order chi connectivity index (χ1) is 7.16. The number of methoxy groups -OCH3 is 1. The van der Waals surface area contributed by atoms with Gasteiger partial charge in [-0.1, -0.05) is 6.07 Å². The van der Waals surface area contributed by atoms with Crippen molar-refractivity contribution >= 4 is 9.84 Å². The zero-order valence-corrected chi connectivity index (χ0v) is 10.6. The van der Waals surface area contributed by atoms with Crippen molar-refractivity contribution in [2.75, 3.05) is 13.4 Å². The molecule has 0 aliphatic heterocycles. The highest BCUT2D eigenvalue weighted by atomic mass is 32.2. The number of hydrogen-bond acceptors (Lipinski definition) is 4. The Kier molecular flexibility index (Phi) is 3.30. The van der Waals surface area contributed by atoms with Gasteiger partial charge in [0, 0.05) is 6.26 Å². The summed E-state index contributed by atoms with van der Waals surface area (Å²) in [6.45, 7) is 3.25. The lowest BCUT2D eigenvalue weighted by atomic mass is 9.98. The molecule has 90 valence electrons. The van der Waals surface area contributed by atoms with E-state index in [2.05, 4.69) is 0 Å². The third kappa shape index (κ3) is 2.74. The van der Waals surface area contributed by atoms with Crippen molar-refractivity contribution in [3.05, 3.63) is 23.8 Å². The fourth-order valence-electron chi connectivity index (χ4n) is 1.35. The predicted molar refractivity (Wildman–Crippen MR) is 61.3 cm³/mol. The van der Waals surface area contributed by atoms with E-state index in [4.69, 9.17) is 4.74 Å². The molecule has 1 aromatic carbocycles. The van der Waals surface area contributed by atoms with Crippen LogP contribution in [0.1, 0.15) is 19.4 Å². The molecule has 0 unspecified atom stereocenters. The lowest BCUT2D eigenvalue weighted by Crippen LogP contribution is -2.16. The van der Waals surface area contributed by atoms with Crippen LogP contribution in [0.15, 0.2) is 23.1 Å². The first kappa shape index (κ1) is 13.0. The van der Waals surface area contributed by atoms with E-state index in [9.17, 15) is 13.5 Å². The van der Waals surface area contributed by atoms with E-state index in [1.165, 1.54) is 19.2 Å². The van der Waals surface area contributed by atoms with Crippen LogP contribution in [-0.2, 0) is 15.4 Å². The van der Waals surface area contributed by atoms with Gasteiger partial charge < -0.3 is 9.84 Å². The van der Waals surface area contributed by atoms with E-state index < -0.39 is 15.4 Å². The van der Waals surface area contributed by atoms with Gasteiger partial charge in [0.2, 0.25) is 0 Å². The van der Waals surface area contributed by atoms with E-state index >= 15 is 0 Å². The SMILES string of the molecule is COc1cc(C(C)(C)O)ccc1S(C)(=O)=O. The summed E-state index contributed by atoms with van der Waals surface area (Å²) in [6, 6.07) is 4.57. The number of aliphatic hydroxyl groups is 1. The fraction of sp³-hybridized carbons (Fsp3) is 0.455. The molecular weight excluding hydrogens is 228 g/mol. The molecule has 1 N–H and O–H groups in total. The molecule has 4 nitrogen and oxygen atoms in total. The Balaban J connectivity index is 3.40. The van der Waals surface area contributed by atoms with Gasteiger partial charge in [0.25, 0.3) is 0 Å². The Morgan fingerprint density at radius 2 is 1.88 bits per heavy atom. The fourth-order valence-corrected chi connectivity index (χ4v) is 2.18. The van der Waals surface area contributed by atoms with Crippen LogP contribution in [0.25, 0.3) is 0 Å². The van der Waals surface area contributed by atoms with E-state index in [1.54, 1.807) is 19.9 Å². The topological polar surface area (TPSA) is 63.6 Å². The molecule has 0 heterocycles. The van der Waals surface area contributed by atoms with Crippen molar-refractivity contribution in [3.8, 4) is 5.75 Å². The van der Waals surface area contributed by atoms with Crippen LogP contribution in [-0.4, -0.2) is 26.9 Å². The van der Waals surface area contributed by atoms with E-state index in [1.807, 2.05) is 0 Å². The summed E-state index contributed by atoms with van der Waals surface area (Å²) < 4.78 is 27.9. The van der Waals surface area contributed by atoms with Crippen molar-refractivity contribution in [2.24, 2.45) is 0 Å². The highest BCUT2D eigenvalue weighted by molar-refractivity contribution is 7.90. The molecule has 0 aliphatic rings. The lowest BCUT2D eigenvalue weighted by Gasteiger charge is -2.19. The number of rotatable bonds is 3. The molecule has 0 atom stereocenters. The van der Waals surface area contributed by atoms with Crippen molar-refractivity contribution in [2.45, 2.75) is 24.3 Å². The number of benzene rings is 1. The molecule has 0 amide bonds. The van der Waals surface area contributed by atoms with Crippen LogP contribution in [0.3, 0.4) is 0 Å². The van der Waals surface area contributed by atoms with Crippen LogP contribution in [0.2, 0.25) is 0 Å². The Bertz CT molecular complexity index is 483. The van der Waals surface area contributed by atoms with Crippen LogP contribution in [0.4, 0.5) is 0 Å². The Labute approximate surface area is 95.8 Å². The molecule has 0 aliphatic carbocycles. The summed E-state index contributed by atoms with van der Waals surface area (Å²) >= 11 is 0. The Hall–Kier alpha value is -1.07. The Morgan fingerprint density at radius 3 is 2.25 bits per heavy atom. The summed E-state index contributed by atoms with van der Waals surface area (Å²) in [5.74, 6) is 0.252. The molecular formula is C11H16O4S. The van der Waals surface area contributed by atoms with Gasteiger partial charge in [-0.15, -0.1) is 0 Å². The van der Waals surface area contributed by atoms with Gasteiger partial charge in [-0.3, -0.25) is 0 Å². The summed E-state index contributed by atoms with van der Waals surface area (Å²) in [4.78, 5) is 0.128. The average Bonchev–Trinajstić information content (AvgIpc) is 2.14. The van der Waals surface area contributed by atoms with Gasteiger partial charge in [0.15, 0.2) is 9.84 Å². The normalized spacial score (nSPS) is 12.6. The lowest BCUT2D eigenvalue weighted by molar-refractivity contribution is 0.0782. The minimum atomic E-state index is -3.31. The van der Waals surface area contributed by atoms with Gasteiger partial charge >= 0.3 is 0 Å². The molecule has 0 bridgehead atoms.